The molecule has 1 rings (SSSR count). The summed E-state index contributed by atoms with van der Waals surface area (Å²) >= 11 is 0. The van der Waals surface area contributed by atoms with Crippen LogP contribution in [0.1, 0.15) is 36.5 Å². The van der Waals surface area contributed by atoms with Crippen LogP contribution in [-0.4, -0.2) is 20.9 Å². The van der Waals surface area contributed by atoms with Crippen molar-refractivity contribution in [2.45, 2.75) is 31.1 Å². The van der Waals surface area contributed by atoms with E-state index in [9.17, 15) is 17.6 Å². The van der Waals surface area contributed by atoms with E-state index in [0.29, 0.717) is 6.54 Å². The zero-order valence-electron chi connectivity index (χ0n) is 10.4. The number of rotatable bonds is 6. The van der Waals surface area contributed by atoms with Crippen molar-refractivity contribution in [2.24, 2.45) is 0 Å². The number of carbonyl (C=O) groups excluding carboxylic acids is 1. The lowest BCUT2D eigenvalue weighted by molar-refractivity contribution is 0.0949. The highest BCUT2D eigenvalue weighted by Gasteiger charge is 2.16. The number of nitrogens with one attached hydrogen (secondary N) is 1. The lowest BCUT2D eigenvalue weighted by Gasteiger charge is -2.06. The Balaban J connectivity index is 2.77. The van der Waals surface area contributed by atoms with Gasteiger partial charge in [0.25, 0.3) is 15.0 Å². The molecule has 1 aromatic carbocycles. The third-order valence-electron chi connectivity index (χ3n) is 2.53. The van der Waals surface area contributed by atoms with Crippen molar-refractivity contribution >= 4 is 25.6 Å². The summed E-state index contributed by atoms with van der Waals surface area (Å²) in [6.07, 6.45) is 2.82. The Bertz CT molecular complexity index is 560. The molecule has 0 saturated carbocycles. The van der Waals surface area contributed by atoms with Gasteiger partial charge in [-0.3, -0.25) is 4.79 Å². The molecular formula is C12H15ClFNO3S. The topological polar surface area (TPSA) is 63.2 Å². The highest BCUT2D eigenvalue weighted by atomic mass is 35.7. The van der Waals surface area contributed by atoms with Crippen molar-refractivity contribution in [3.8, 4) is 0 Å². The van der Waals surface area contributed by atoms with E-state index < -0.39 is 20.8 Å². The first-order valence-corrected chi connectivity index (χ1v) is 8.19. The molecule has 1 amide bonds. The molecule has 106 valence electrons. The first-order chi connectivity index (χ1) is 8.86. The Morgan fingerprint density at radius 3 is 2.58 bits per heavy atom. The van der Waals surface area contributed by atoms with E-state index in [1.165, 1.54) is 0 Å². The van der Waals surface area contributed by atoms with Gasteiger partial charge in [-0.25, -0.2) is 12.8 Å². The largest absolute Gasteiger partial charge is 0.352 e. The second-order valence-corrected chi connectivity index (χ2v) is 6.61. The average Bonchev–Trinajstić information content (AvgIpc) is 2.33. The number of benzene rings is 1. The van der Waals surface area contributed by atoms with Crippen molar-refractivity contribution in [3.63, 3.8) is 0 Å². The van der Waals surface area contributed by atoms with Crippen LogP contribution in [-0.2, 0) is 9.05 Å². The first-order valence-electron chi connectivity index (χ1n) is 5.88. The number of hydrogen-bond donors (Lipinski definition) is 1. The summed E-state index contributed by atoms with van der Waals surface area (Å²) in [4.78, 5) is 11.3. The lowest BCUT2D eigenvalue weighted by atomic mass is 10.2. The van der Waals surface area contributed by atoms with Crippen LogP contribution < -0.4 is 5.32 Å². The third kappa shape index (κ3) is 4.80. The monoisotopic (exact) mass is 307 g/mol. The van der Waals surface area contributed by atoms with Crippen LogP contribution in [0.4, 0.5) is 4.39 Å². The van der Waals surface area contributed by atoms with Gasteiger partial charge in [-0.15, -0.1) is 0 Å². The van der Waals surface area contributed by atoms with Gasteiger partial charge >= 0.3 is 0 Å². The van der Waals surface area contributed by atoms with E-state index >= 15 is 0 Å². The number of halogens is 2. The molecule has 0 atom stereocenters. The zero-order chi connectivity index (χ0) is 14.5. The predicted molar refractivity (Wildman–Crippen MR) is 71.3 cm³/mol. The normalized spacial score (nSPS) is 11.3. The molecule has 0 saturated heterocycles. The molecule has 1 N–H and O–H groups in total. The molecule has 0 aromatic heterocycles. The van der Waals surface area contributed by atoms with Crippen LogP contribution in [0.15, 0.2) is 23.1 Å². The van der Waals surface area contributed by atoms with E-state index in [0.717, 1.165) is 37.5 Å². The van der Waals surface area contributed by atoms with Gasteiger partial charge in [0.15, 0.2) is 0 Å². The molecule has 0 unspecified atom stereocenters. The van der Waals surface area contributed by atoms with E-state index in [-0.39, 0.29) is 10.5 Å². The molecule has 0 aliphatic heterocycles. The van der Waals surface area contributed by atoms with Crippen molar-refractivity contribution in [1.29, 1.82) is 0 Å². The Morgan fingerprint density at radius 2 is 2.05 bits per heavy atom. The predicted octanol–water partition coefficient (Wildman–Crippen LogP) is 2.67. The molecule has 0 aliphatic carbocycles. The molecule has 0 bridgehead atoms. The van der Waals surface area contributed by atoms with Gasteiger partial charge in [0.05, 0.1) is 10.5 Å². The Kier molecular flexibility index (Phi) is 5.75. The van der Waals surface area contributed by atoms with Crippen LogP contribution in [0.5, 0.6) is 0 Å². The fraction of sp³-hybridized carbons (Fsp3) is 0.417. The summed E-state index contributed by atoms with van der Waals surface area (Å²) in [5.74, 6) is -1.47. The van der Waals surface area contributed by atoms with E-state index in [1.807, 2.05) is 6.92 Å². The maximum atomic E-state index is 13.6. The standard InChI is InChI=1S/C12H15ClFNO3S/c1-2-3-4-7-15-12(16)10-6-5-9(8-11(10)14)19(13,17)18/h5-6,8H,2-4,7H2,1H3,(H,15,16). The van der Waals surface area contributed by atoms with Crippen LogP contribution in [0.3, 0.4) is 0 Å². The summed E-state index contributed by atoms with van der Waals surface area (Å²) < 4.78 is 35.6. The second kappa shape index (κ2) is 6.86. The van der Waals surface area contributed by atoms with Gasteiger partial charge in [-0.1, -0.05) is 19.8 Å². The van der Waals surface area contributed by atoms with Crippen LogP contribution in [0.2, 0.25) is 0 Å². The Morgan fingerprint density at radius 1 is 1.37 bits per heavy atom. The highest BCUT2D eigenvalue weighted by Crippen LogP contribution is 2.18. The molecule has 4 nitrogen and oxygen atoms in total. The minimum Gasteiger partial charge on any atom is -0.352 e. The number of amides is 1. The average molecular weight is 308 g/mol. The second-order valence-electron chi connectivity index (χ2n) is 4.04. The number of hydrogen-bond acceptors (Lipinski definition) is 3. The molecule has 0 radical (unpaired) electrons. The van der Waals surface area contributed by atoms with E-state index in [2.05, 4.69) is 5.32 Å². The molecule has 19 heavy (non-hydrogen) atoms. The number of unbranched alkanes of at least 4 members (excludes halogenated alkanes) is 2. The van der Waals surface area contributed by atoms with Gasteiger partial charge in [0.1, 0.15) is 5.82 Å². The van der Waals surface area contributed by atoms with Gasteiger partial charge in [-0.2, -0.15) is 0 Å². The first kappa shape index (κ1) is 15.9. The fourth-order valence-corrected chi connectivity index (χ4v) is 2.27. The fourth-order valence-electron chi connectivity index (χ4n) is 1.50. The minimum atomic E-state index is -3.99. The number of carbonyl (C=O) groups is 1. The third-order valence-corrected chi connectivity index (χ3v) is 3.88. The minimum absolute atomic E-state index is 0.194. The highest BCUT2D eigenvalue weighted by molar-refractivity contribution is 8.13. The summed E-state index contributed by atoms with van der Waals surface area (Å²) in [7, 11) is 1.09. The van der Waals surface area contributed by atoms with Crippen molar-refractivity contribution in [1.82, 2.24) is 5.32 Å². The van der Waals surface area contributed by atoms with Crippen LogP contribution >= 0.6 is 10.7 Å². The summed E-state index contributed by atoms with van der Waals surface area (Å²) in [5, 5.41) is 2.57. The Hall–Kier alpha value is -1.14. The molecular weight excluding hydrogens is 293 g/mol. The lowest BCUT2D eigenvalue weighted by Crippen LogP contribution is -2.25. The van der Waals surface area contributed by atoms with Crippen LogP contribution in [0, 0.1) is 5.82 Å². The maximum absolute atomic E-state index is 13.6. The molecule has 7 heteroatoms. The summed E-state index contributed by atoms with van der Waals surface area (Å²) in [6, 6.07) is 2.95. The van der Waals surface area contributed by atoms with Gasteiger partial charge in [0, 0.05) is 17.2 Å². The molecule has 0 heterocycles. The van der Waals surface area contributed by atoms with Gasteiger partial charge < -0.3 is 5.32 Å². The smallest absolute Gasteiger partial charge is 0.261 e. The van der Waals surface area contributed by atoms with Crippen molar-refractivity contribution < 1.29 is 17.6 Å². The molecule has 0 fully saturated rings. The van der Waals surface area contributed by atoms with Crippen molar-refractivity contribution in [2.75, 3.05) is 6.54 Å². The molecule has 1 aromatic rings. The quantitative estimate of drug-likeness (QED) is 0.649. The molecule has 0 aliphatic rings. The Labute approximate surface area is 116 Å². The molecule has 0 spiro atoms. The summed E-state index contributed by atoms with van der Waals surface area (Å²) in [5.41, 5.74) is -0.194. The van der Waals surface area contributed by atoms with Crippen LogP contribution in [0.25, 0.3) is 0 Å². The maximum Gasteiger partial charge on any atom is 0.261 e. The van der Waals surface area contributed by atoms with Gasteiger partial charge in [-0.05, 0) is 24.6 Å². The zero-order valence-corrected chi connectivity index (χ0v) is 12.0. The SMILES string of the molecule is CCCCCNC(=O)c1ccc(S(=O)(=O)Cl)cc1F. The summed E-state index contributed by atoms with van der Waals surface area (Å²) in [6.45, 7) is 2.49. The van der Waals surface area contributed by atoms with E-state index in [4.69, 9.17) is 10.7 Å². The van der Waals surface area contributed by atoms with Gasteiger partial charge in [0.2, 0.25) is 0 Å². The van der Waals surface area contributed by atoms with Crippen molar-refractivity contribution in [3.05, 3.63) is 29.6 Å². The van der Waals surface area contributed by atoms with E-state index in [1.54, 1.807) is 0 Å².